The average Bonchev–Trinajstić information content (AvgIpc) is 2.69. The molecule has 0 spiro atoms. The third kappa shape index (κ3) is 1.95. The Hall–Kier alpha value is -1.54. The Labute approximate surface area is 89.7 Å². The summed E-state index contributed by atoms with van der Waals surface area (Å²) in [6.07, 6.45) is 3.35. The van der Waals surface area contributed by atoms with E-state index in [4.69, 9.17) is 10.2 Å². The van der Waals surface area contributed by atoms with Gasteiger partial charge in [-0.15, -0.1) is 0 Å². The Kier molecular flexibility index (Phi) is 2.60. The number of hydrogen-bond donors (Lipinski definition) is 1. The minimum absolute atomic E-state index is 0.0932. The molecule has 2 N–H and O–H groups in total. The third-order valence-electron chi connectivity index (χ3n) is 2.66. The van der Waals surface area contributed by atoms with Crippen LogP contribution in [0.2, 0.25) is 0 Å². The SMILES string of the molecule is Cc1ccc(C(N)c2ccoc2)c(C)c1. The first-order valence-electron chi connectivity index (χ1n) is 5.03. The van der Waals surface area contributed by atoms with E-state index in [0.29, 0.717) is 0 Å². The molecule has 78 valence electrons. The topological polar surface area (TPSA) is 39.2 Å². The van der Waals surface area contributed by atoms with Crippen molar-refractivity contribution in [2.45, 2.75) is 19.9 Å². The molecule has 2 nitrogen and oxygen atoms in total. The largest absolute Gasteiger partial charge is 0.472 e. The molecule has 15 heavy (non-hydrogen) atoms. The standard InChI is InChI=1S/C13H15NO/c1-9-3-4-12(10(2)7-9)13(14)11-5-6-15-8-11/h3-8,13H,14H2,1-2H3. The van der Waals surface area contributed by atoms with E-state index < -0.39 is 0 Å². The molecule has 0 saturated carbocycles. The number of rotatable bonds is 2. The van der Waals surface area contributed by atoms with Crippen molar-refractivity contribution in [2.24, 2.45) is 5.73 Å². The number of aryl methyl sites for hydroxylation is 2. The van der Waals surface area contributed by atoms with Crippen molar-refractivity contribution in [3.63, 3.8) is 0 Å². The van der Waals surface area contributed by atoms with Crippen molar-refractivity contribution in [2.75, 3.05) is 0 Å². The highest BCUT2D eigenvalue weighted by Crippen LogP contribution is 2.23. The molecule has 1 unspecified atom stereocenters. The van der Waals surface area contributed by atoms with Gasteiger partial charge in [-0.2, -0.15) is 0 Å². The fourth-order valence-electron chi connectivity index (χ4n) is 1.81. The summed E-state index contributed by atoms with van der Waals surface area (Å²) >= 11 is 0. The van der Waals surface area contributed by atoms with Crippen LogP contribution in [0.15, 0.2) is 41.2 Å². The molecule has 0 radical (unpaired) electrons. The van der Waals surface area contributed by atoms with Crippen molar-refractivity contribution < 1.29 is 4.42 Å². The Bertz CT molecular complexity index is 446. The van der Waals surface area contributed by atoms with Crippen molar-refractivity contribution in [1.82, 2.24) is 0 Å². The van der Waals surface area contributed by atoms with E-state index in [1.54, 1.807) is 12.5 Å². The lowest BCUT2D eigenvalue weighted by atomic mass is 9.96. The first kappa shape index (κ1) is 9.99. The number of nitrogens with two attached hydrogens (primary N) is 1. The third-order valence-corrected chi connectivity index (χ3v) is 2.66. The Morgan fingerprint density at radius 2 is 2.00 bits per heavy atom. The predicted octanol–water partition coefficient (Wildman–Crippen LogP) is 2.94. The molecule has 2 rings (SSSR count). The molecular formula is C13H15NO. The molecule has 0 amide bonds. The van der Waals surface area contributed by atoms with Crippen molar-refractivity contribution >= 4 is 0 Å². The molecule has 1 heterocycles. The highest BCUT2D eigenvalue weighted by molar-refractivity contribution is 5.37. The van der Waals surface area contributed by atoms with Crippen LogP contribution >= 0.6 is 0 Å². The second kappa shape index (κ2) is 3.91. The first-order chi connectivity index (χ1) is 7.18. The van der Waals surface area contributed by atoms with Gasteiger partial charge in [-0.25, -0.2) is 0 Å². The highest BCUT2D eigenvalue weighted by Gasteiger charge is 2.11. The van der Waals surface area contributed by atoms with Crippen molar-refractivity contribution in [1.29, 1.82) is 0 Å². The van der Waals surface area contributed by atoms with Crippen molar-refractivity contribution in [3.8, 4) is 0 Å². The molecule has 2 aromatic rings. The molecule has 0 saturated heterocycles. The maximum Gasteiger partial charge on any atom is 0.0953 e. The van der Waals surface area contributed by atoms with Gasteiger partial charge in [-0.05, 0) is 31.0 Å². The Morgan fingerprint density at radius 1 is 1.20 bits per heavy atom. The first-order valence-corrected chi connectivity index (χ1v) is 5.03. The van der Waals surface area contributed by atoms with Gasteiger partial charge in [0.1, 0.15) is 0 Å². The van der Waals surface area contributed by atoms with Gasteiger partial charge in [-0.1, -0.05) is 23.8 Å². The normalized spacial score (nSPS) is 12.7. The van der Waals surface area contributed by atoms with Crippen LogP contribution in [-0.2, 0) is 0 Å². The van der Waals surface area contributed by atoms with E-state index >= 15 is 0 Å². The van der Waals surface area contributed by atoms with Gasteiger partial charge in [0.05, 0.1) is 18.6 Å². The van der Waals surface area contributed by atoms with Gasteiger partial charge in [-0.3, -0.25) is 0 Å². The van der Waals surface area contributed by atoms with Crippen LogP contribution in [0.3, 0.4) is 0 Å². The van der Waals surface area contributed by atoms with Gasteiger partial charge in [0.25, 0.3) is 0 Å². The minimum Gasteiger partial charge on any atom is -0.472 e. The molecule has 0 bridgehead atoms. The molecule has 2 heteroatoms. The van der Waals surface area contributed by atoms with E-state index in [1.165, 1.54) is 11.1 Å². The number of benzene rings is 1. The lowest BCUT2D eigenvalue weighted by Crippen LogP contribution is -2.12. The van der Waals surface area contributed by atoms with Gasteiger partial charge in [0, 0.05) is 5.56 Å². The predicted molar refractivity (Wildman–Crippen MR) is 60.7 cm³/mol. The summed E-state index contributed by atoms with van der Waals surface area (Å²) in [5.74, 6) is 0. The summed E-state index contributed by atoms with van der Waals surface area (Å²) in [5, 5.41) is 0. The molecule has 1 atom stereocenters. The van der Waals surface area contributed by atoms with Gasteiger partial charge < -0.3 is 10.2 Å². The molecule has 1 aromatic carbocycles. The van der Waals surface area contributed by atoms with Crippen molar-refractivity contribution in [3.05, 3.63) is 59.0 Å². The lowest BCUT2D eigenvalue weighted by Gasteiger charge is -2.13. The van der Waals surface area contributed by atoms with Crippen LogP contribution in [0.1, 0.15) is 28.3 Å². The van der Waals surface area contributed by atoms with Crippen LogP contribution in [-0.4, -0.2) is 0 Å². The van der Waals surface area contributed by atoms with Gasteiger partial charge in [0.2, 0.25) is 0 Å². The summed E-state index contributed by atoms with van der Waals surface area (Å²) in [5.41, 5.74) is 10.8. The molecule has 0 fully saturated rings. The summed E-state index contributed by atoms with van der Waals surface area (Å²) in [6.45, 7) is 4.17. The lowest BCUT2D eigenvalue weighted by molar-refractivity contribution is 0.562. The summed E-state index contributed by atoms with van der Waals surface area (Å²) in [4.78, 5) is 0. The second-order valence-electron chi connectivity index (χ2n) is 3.89. The zero-order chi connectivity index (χ0) is 10.8. The van der Waals surface area contributed by atoms with E-state index in [9.17, 15) is 0 Å². The summed E-state index contributed by atoms with van der Waals surface area (Å²) < 4.78 is 5.04. The molecule has 0 aliphatic heterocycles. The smallest absolute Gasteiger partial charge is 0.0953 e. The van der Waals surface area contributed by atoms with Crippen LogP contribution in [0, 0.1) is 13.8 Å². The van der Waals surface area contributed by atoms with Gasteiger partial charge in [0.15, 0.2) is 0 Å². The highest BCUT2D eigenvalue weighted by atomic mass is 16.3. The fraction of sp³-hybridized carbons (Fsp3) is 0.231. The second-order valence-corrected chi connectivity index (χ2v) is 3.89. The zero-order valence-electron chi connectivity index (χ0n) is 9.03. The van der Waals surface area contributed by atoms with E-state index in [0.717, 1.165) is 11.1 Å². The number of hydrogen-bond acceptors (Lipinski definition) is 2. The molecule has 1 aromatic heterocycles. The molecule has 0 aliphatic carbocycles. The zero-order valence-corrected chi connectivity index (χ0v) is 9.03. The Balaban J connectivity index is 2.38. The van der Waals surface area contributed by atoms with E-state index in [-0.39, 0.29) is 6.04 Å². The quantitative estimate of drug-likeness (QED) is 0.811. The monoisotopic (exact) mass is 201 g/mol. The van der Waals surface area contributed by atoms with E-state index in [2.05, 4.69) is 32.0 Å². The number of furan rings is 1. The maximum absolute atomic E-state index is 6.15. The summed E-state index contributed by atoms with van der Waals surface area (Å²) in [7, 11) is 0. The average molecular weight is 201 g/mol. The van der Waals surface area contributed by atoms with Crippen LogP contribution in [0.25, 0.3) is 0 Å². The molecular weight excluding hydrogens is 186 g/mol. The maximum atomic E-state index is 6.15. The minimum atomic E-state index is -0.0932. The van der Waals surface area contributed by atoms with Gasteiger partial charge >= 0.3 is 0 Å². The Morgan fingerprint density at radius 3 is 2.60 bits per heavy atom. The fourth-order valence-corrected chi connectivity index (χ4v) is 1.81. The van der Waals surface area contributed by atoms with E-state index in [1.807, 2.05) is 6.07 Å². The summed E-state index contributed by atoms with van der Waals surface area (Å²) in [6, 6.07) is 8.13. The van der Waals surface area contributed by atoms with Crippen LogP contribution in [0.5, 0.6) is 0 Å². The van der Waals surface area contributed by atoms with Crippen LogP contribution in [0.4, 0.5) is 0 Å². The molecule has 0 aliphatic rings. The van der Waals surface area contributed by atoms with Crippen LogP contribution < -0.4 is 5.73 Å².